The third kappa shape index (κ3) is 2.50. The Morgan fingerprint density at radius 2 is 1.57 bits per heavy atom. The Morgan fingerprint density at radius 1 is 0.833 bits per heavy atom. The molecule has 0 fully saturated rings. The summed E-state index contributed by atoms with van der Waals surface area (Å²) in [5.41, 5.74) is 3.28. The van der Waals surface area contributed by atoms with Gasteiger partial charge < -0.3 is 14.4 Å². The number of ether oxygens (including phenoxy) is 2. The number of anilines is 1. The van der Waals surface area contributed by atoms with Crippen molar-refractivity contribution in [2.75, 3.05) is 19.1 Å². The van der Waals surface area contributed by atoms with E-state index in [-0.39, 0.29) is 11.8 Å². The fraction of sp³-hybridized carbons (Fsp3) is 0.167. The first-order valence-corrected chi connectivity index (χ1v) is 9.68. The number of hydrogen-bond acceptors (Lipinski definition) is 4. The van der Waals surface area contributed by atoms with Crippen molar-refractivity contribution < 1.29 is 19.1 Å². The van der Waals surface area contributed by atoms with E-state index in [0.717, 1.165) is 11.1 Å². The molecule has 0 N–H and O–H groups in total. The van der Waals surface area contributed by atoms with E-state index in [1.54, 1.807) is 21.9 Å². The maximum absolute atomic E-state index is 13.6. The summed E-state index contributed by atoms with van der Waals surface area (Å²) in [7, 11) is 3.06. The summed E-state index contributed by atoms with van der Waals surface area (Å²) in [6.07, 6.45) is -0.546. The highest BCUT2D eigenvalue weighted by Crippen LogP contribution is 2.50. The second kappa shape index (κ2) is 6.91. The van der Waals surface area contributed by atoms with Crippen LogP contribution < -0.4 is 14.4 Å². The van der Waals surface area contributed by atoms with Crippen LogP contribution in [-0.2, 0) is 6.54 Å². The molecule has 6 nitrogen and oxygen atoms in total. The molecule has 3 aromatic carbocycles. The van der Waals surface area contributed by atoms with Gasteiger partial charge in [-0.2, -0.15) is 0 Å². The van der Waals surface area contributed by atoms with Crippen LogP contribution in [0.1, 0.15) is 38.0 Å². The third-order valence-corrected chi connectivity index (χ3v) is 5.68. The van der Waals surface area contributed by atoms with E-state index in [0.29, 0.717) is 34.9 Å². The minimum Gasteiger partial charge on any atom is -0.493 e. The second-order valence-electron chi connectivity index (χ2n) is 7.25. The third-order valence-electron chi connectivity index (χ3n) is 5.68. The molecule has 30 heavy (non-hydrogen) atoms. The number of carbonyl (C=O) groups excluding carboxylic acids is 2. The lowest BCUT2D eigenvalue weighted by Crippen LogP contribution is -2.47. The first kappa shape index (κ1) is 18.2. The number of benzene rings is 3. The van der Waals surface area contributed by atoms with E-state index in [9.17, 15) is 9.59 Å². The predicted molar refractivity (Wildman–Crippen MR) is 112 cm³/mol. The lowest BCUT2D eigenvalue weighted by atomic mass is 10.0. The van der Waals surface area contributed by atoms with Gasteiger partial charge >= 0.3 is 0 Å². The summed E-state index contributed by atoms with van der Waals surface area (Å²) >= 11 is 0. The minimum absolute atomic E-state index is 0.105. The Kier molecular flexibility index (Phi) is 4.20. The van der Waals surface area contributed by atoms with Crippen molar-refractivity contribution in [3.8, 4) is 11.5 Å². The van der Waals surface area contributed by atoms with E-state index < -0.39 is 6.17 Å². The van der Waals surface area contributed by atoms with Crippen LogP contribution in [0.3, 0.4) is 0 Å². The molecule has 2 amide bonds. The number of amides is 2. The topological polar surface area (TPSA) is 59.1 Å². The van der Waals surface area contributed by atoms with Gasteiger partial charge in [0.25, 0.3) is 11.8 Å². The highest BCUT2D eigenvalue weighted by Gasteiger charge is 2.49. The smallest absolute Gasteiger partial charge is 0.264 e. The molecule has 5 rings (SSSR count). The molecule has 0 saturated carbocycles. The van der Waals surface area contributed by atoms with E-state index >= 15 is 0 Å². The van der Waals surface area contributed by atoms with Gasteiger partial charge in [0.05, 0.1) is 31.0 Å². The summed E-state index contributed by atoms with van der Waals surface area (Å²) in [5.74, 6) is 0.563. The molecule has 0 saturated heterocycles. The Labute approximate surface area is 174 Å². The number of nitrogens with zero attached hydrogens (tertiary/aromatic N) is 2. The van der Waals surface area contributed by atoms with Crippen LogP contribution in [0.25, 0.3) is 0 Å². The van der Waals surface area contributed by atoms with Crippen LogP contribution in [0.5, 0.6) is 11.5 Å². The van der Waals surface area contributed by atoms with Crippen molar-refractivity contribution in [2.45, 2.75) is 12.7 Å². The quantitative estimate of drug-likeness (QED) is 0.664. The molecule has 2 heterocycles. The van der Waals surface area contributed by atoms with Crippen LogP contribution in [0.2, 0.25) is 0 Å². The summed E-state index contributed by atoms with van der Waals surface area (Å²) in [6.45, 7) is 0.385. The minimum atomic E-state index is -0.546. The first-order chi connectivity index (χ1) is 14.7. The summed E-state index contributed by atoms with van der Waals surface area (Å²) in [4.78, 5) is 30.5. The Hall–Kier alpha value is -3.80. The van der Waals surface area contributed by atoms with Crippen molar-refractivity contribution >= 4 is 17.5 Å². The van der Waals surface area contributed by atoms with E-state index in [1.165, 1.54) is 14.2 Å². The first-order valence-electron chi connectivity index (χ1n) is 9.68. The van der Waals surface area contributed by atoms with Crippen LogP contribution in [0, 0.1) is 0 Å². The highest BCUT2D eigenvalue weighted by atomic mass is 16.5. The zero-order valence-corrected chi connectivity index (χ0v) is 16.7. The Morgan fingerprint density at radius 3 is 2.30 bits per heavy atom. The summed E-state index contributed by atoms with van der Waals surface area (Å²) < 4.78 is 10.9. The van der Waals surface area contributed by atoms with Crippen molar-refractivity contribution in [3.63, 3.8) is 0 Å². The number of fused-ring (bicyclic) bond motifs is 5. The molecule has 0 aromatic heterocycles. The van der Waals surface area contributed by atoms with Gasteiger partial charge in [-0.25, -0.2) is 0 Å². The predicted octanol–water partition coefficient (Wildman–Crippen LogP) is 4.02. The second-order valence-corrected chi connectivity index (χ2v) is 7.25. The monoisotopic (exact) mass is 400 g/mol. The van der Waals surface area contributed by atoms with Crippen molar-refractivity contribution in [1.29, 1.82) is 0 Å². The van der Waals surface area contributed by atoms with Crippen molar-refractivity contribution in [2.24, 2.45) is 0 Å². The van der Waals surface area contributed by atoms with Gasteiger partial charge in [0.15, 0.2) is 11.5 Å². The number of rotatable bonds is 4. The van der Waals surface area contributed by atoms with Crippen molar-refractivity contribution in [1.82, 2.24) is 4.90 Å². The van der Waals surface area contributed by atoms with Gasteiger partial charge in [-0.15, -0.1) is 0 Å². The molecule has 0 unspecified atom stereocenters. The molecular formula is C24H20N2O4. The van der Waals surface area contributed by atoms with E-state index in [4.69, 9.17) is 9.47 Å². The summed E-state index contributed by atoms with van der Waals surface area (Å²) in [6, 6.07) is 20.6. The van der Waals surface area contributed by atoms with Gasteiger partial charge in [0.1, 0.15) is 6.17 Å². The lowest BCUT2D eigenvalue weighted by molar-refractivity contribution is 0.0629. The van der Waals surface area contributed by atoms with Crippen molar-refractivity contribution in [3.05, 3.63) is 89.0 Å². The van der Waals surface area contributed by atoms with Gasteiger partial charge in [0.2, 0.25) is 0 Å². The number of methoxy groups -OCH3 is 2. The van der Waals surface area contributed by atoms with E-state index in [1.807, 2.05) is 54.6 Å². The standard InChI is InChI=1S/C24H20N2O4/c1-29-19-13-12-17-20(21(19)30-2)24(28)26-18-11-7-6-10-16(18)23(27)25(22(17)26)14-15-8-4-3-5-9-15/h3-13,22H,14H2,1-2H3/t22-/m1/s1. The van der Waals surface area contributed by atoms with Crippen LogP contribution in [0.15, 0.2) is 66.7 Å². The Bertz CT molecular complexity index is 1160. The average Bonchev–Trinajstić information content (AvgIpc) is 3.09. The van der Waals surface area contributed by atoms with Crippen LogP contribution in [-0.4, -0.2) is 30.9 Å². The normalized spacial score (nSPS) is 16.8. The van der Waals surface area contributed by atoms with Crippen LogP contribution in [0.4, 0.5) is 5.69 Å². The highest BCUT2D eigenvalue weighted by molar-refractivity contribution is 6.18. The lowest BCUT2D eigenvalue weighted by Gasteiger charge is -2.41. The zero-order valence-electron chi connectivity index (χ0n) is 16.7. The molecule has 2 aliphatic rings. The maximum Gasteiger partial charge on any atom is 0.264 e. The fourth-order valence-corrected chi connectivity index (χ4v) is 4.37. The molecule has 3 aromatic rings. The number of para-hydroxylation sites is 1. The van der Waals surface area contributed by atoms with Gasteiger partial charge in [-0.3, -0.25) is 14.5 Å². The Balaban J connectivity index is 1.73. The molecule has 0 radical (unpaired) electrons. The van der Waals surface area contributed by atoms with E-state index in [2.05, 4.69) is 0 Å². The zero-order chi connectivity index (χ0) is 20.8. The molecule has 1 atom stereocenters. The molecule has 0 bridgehead atoms. The molecule has 2 aliphatic heterocycles. The molecule has 150 valence electrons. The average molecular weight is 400 g/mol. The van der Waals surface area contributed by atoms with Gasteiger partial charge in [-0.05, 0) is 23.8 Å². The fourth-order valence-electron chi connectivity index (χ4n) is 4.37. The number of carbonyl (C=O) groups is 2. The molecule has 0 aliphatic carbocycles. The number of hydrogen-bond donors (Lipinski definition) is 0. The molecular weight excluding hydrogens is 380 g/mol. The summed E-state index contributed by atoms with van der Waals surface area (Å²) in [5, 5.41) is 0. The molecule has 6 heteroatoms. The maximum atomic E-state index is 13.6. The van der Waals surface area contributed by atoms with Gasteiger partial charge in [-0.1, -0.05) is 48.5 Å². The van der Waals surface area contributed by atoms with Crippen LogP contribution >= 0.6 is 0 Å². The van der Waals surface area contributed by atoms with Gasteiger partial charge in [0, 0.05) is 12.1 Å². The molecule has 0 spiro atoms. The largest absolute Gasteiger partial charge is 0.493 e. The SMILES string of the molecule is COc1ccc2c(c1OC)C(=O)N1c3ccccc3C(=O)N(Cc3ccccc3)[C@@H]21.